The van der Waals surface area contributed by atoms with Crippen LogP contribution in [0.5, 0.6) is 0 Å². The number of methoxy groups -OCH3 is 1. The normalized spacial score (nSPS) is 42.2. The van der Waals surface area contributed by atoms with E-state index in [1.54, 1.807) is 0 Å². The molecule has 13 heavy (non-hydrogen) atoms. The molecule has 0 aromatic rings. The van der Waals surface area contributed by atoms with E-state index in [1.807, 2.05) is 0 Å². The van der Waals surface area contributed by atoms with Gasteiger partial charge in [0.1, 0.15) is 0 Å². The molecule has 0 bridgehead atoms. The van der Waals surface area contributed by atoms with Crippen molar-refractivity contribution in [1.29, 1.82) is 0 Å². The Balaban J connectivity index is 3.05. The van der Waals surface area contributed by atoms with Crippen LogP contribution >= 0.6 is 0 Å². The molecule has 1 saturated carbocycles. The van der Waals surface area contributed by atoms with Crippen LogP contribution in [0.15, 0.2) is 0 Å². The minimum Gasteiger partial charge on any atom is -0.347 e. The largest absolute Gasteiger partial charge is 0.347 e. The molecule has 1 nitrogen and oxygen atoms in total. The zero-order chi connectivity index (χ0) is 10.5. The molecule has 1 rings (SSSR count). The second kappa shape index (κ2) is 2.52. The van der Waals surface area contributed by atoms with Crippen molar-refractivity contribution >= 4 is 0 Å². The van der Waals surface area contributed by atoms with Gasteiger partial charge in [-0.25, -0.2) is 8.78 Å². The highest BCUT2D eigenvalue weighted by Crippen LogP contribution is 2.55. The minimum absolute atomic E-state index is 0.560. The third kappa shape index (κ3) is 1.20. The van der Waals surface area contributed by atoms with Gasteiger partial charge in [-0.2, -0.15) is 17.6 Å². The van der Waals surface area contributed by atoms with Gasteiger partial charge in [0.05, 0.1) is 6.42 Å². The first-order valence-electron chi connectivity index (χ1n) is 3.31. The van der Waals surface area contributed by atoms with Gasteiger partial charge in [0.2, 0.25) is 6.17 Å². The Morgan fingerprint density at radius 3 is 1.77 bits per heavy atom. The molecule has 0 saturated heterocycles. The Morgan fingerprint density at radius 2 is 1.62 bits per heavy atom. The third-order valence-corrected chi connectivity index (χ3v) is 1.99. The van der Waals surface area contributed by atoms with E-state index in [9.17, 15) is 26.3 Å². The summed E-state index contributed by atoms with van der Waals surface area (Å²) in [5.74, 6) is -13.3. The predicted molar refractivity (Wildman–Crippen MR) is 30.3 cm³/mol. The summed E-state index contributed by atoms with van der Waals surface area (Å²) < 4.78 is 78.5. The van der Waals surface area contributed by atoms with Gasteiger partial charge in [-0.3, -0.25) is 0 Å². The summed E-state index contributed by atoms with van der Waals surface area (Å²) >= 11 is 0. The Hall–Kier alpha value is -0.460. The van der Waals surface area contributed by atoms with Crippen molar-refractivity contribution < 1.29 is 31.1 Å². The molecule has 1 aliphatic carbocycles. The molecule has 0 aromatic heterocycles. The maximum absolute atomic E-state index is 12.9. The minimum atomic E-state index is -5.02. The van der Waals surface area contributed by atoms with Gasteiger partial charge < -0.3 is 4.74 Å². The highest BCUT2D eigenvalue weighted by Gasteiger charge is 2.77. The lowest BCUT2D eigenvalue weighted by Gasteiger charge is -2.20. The van der Waals surface area contributed by atoms with Crippen molar-refractivity contribution in [2.75, 3.05) is 7.11 Å². The van der Waals surface area contributed by atoms with Gasteiger partial charge in [-0.15, -0.1) is 0 Å². The second-order valence-electron chi connectivity index (χ2n) is 2.86. The summed E-state index contributed by atoms with van der Waals surface area (Å²) in [5, 5.41) is 0. The van der Waals surface area contributed by atoms with Gasteiger partial charge in [0.25, 0.3) is 5.85 Å². The molecule has 78 valence electrons. The highest BCUT2D eigenvalue weighted by molar-refractivity contribution is 5.08. The SMILES string of the molecule is COC1(F)CC(F)(F)C(F)(F)C1F. The smallest absolute Gasteiger partial charge is 0.346 e. The van der Waals surface area contributed by atoms with E-state index in [-0.39, 0.29) is 0 Å². The van der Waals surface area contributed by atoms with E-state index in [0.717, 1.165) is 0 Å². The first-order valence-corrected chi connectivity index (χ1v) is 3.31. The number of hydrogen-bond acceptors (Lipinski definition) is 1. The molecule has 0 aliphatic heterocycles. The Morgan fingerprint density at radius 1 is 1.15 bits per heavy atom. The third-order valence-electron chi connectivity index (χ3n) is 1.99. The number of halogens is 6. The molecule has 0 heterocycles. The van der Waals surface area contributed by atoms with E-state index in [2.05, 4.69) is 4.74 Å². The summed E-state index contributed by atoms with van der Waals surface area (Å²) in [6.07, 6.45) is -5.61. The fourth-order valence-corrected chi connectivity index (χ4v) is 1.14. The Labute approximate surface area is 69.7 Å². The van der Waals surface area contributed by atoms with Crippen LogP contribution in [0.25, 0.3) is 0 Å². The molecule has 1 aliphatic rings. The van der Waals surface area contributed by atoms with Gasteiger partial charge >= 0.3 is 11.8 Å². The van der Waals surface area contributed by atoms with Crippen LogP contribution in [-0.2, 0) is 4.74 Å². The van der Waals surface area contributed by atoms with Gasteiger partial charge in [0, 0.05) is 7.11 Å². The molecule has 0 spiro atoms. The fourth-order valence-electron chi connectivity index (χ4n) is 1.14. The van der Waals surface area contributed by atoms with Crippen LogP contribution in [0.2, 0.25) is 0 Å². The van der Waals surface area contributed by atoms with Crippen LogP contribution < -0.4 is 0 Å². The highest BCUT2D eigenvalue weighted by atomic mass is 19.3. The van der Waals surface area contributed by atoms with Crippen molar-refractivity contribution in [3.63, 3.8) is 0 Å². The van der Waals surface area contributed by atoms with Crippen molar-refractivity contribution in [3.8, 4) is 0 Å². The average molecular weight is 208 g/mol. The van der Waals surface area contributed by atoms with Crippen molar-refractivity contribution in [2.24, 2.45) is 0 Å². The standard InChI is InChI=1S/C6H6F6O/c1-13-4(8)2-5(9,10)6(11,12)3(4)7/h3H,2H2,1H3. The van der Waals surface area contributed by atoms with Crippen LogP contribution in [0.1, 0.15) is 6.42 Å². The second-order valence-corrected chi connectivity index (χ2v) is 2.86. The van der Waals surface area contributed by atoms with E-state index in [1.165, 1.54) is 0 Å². The molecule has 0 radical (unpaired) electrons. The van der Waals surface area contributed by atoms with Gasteiger partial charge in [-0.05, 0) is 0 Å². The quantitative estimate of drug-likeness (QED) is 0.601. The number of alkyl halides is 6. The molecule has 0 aromatic carbocycles. The lowest BCUT2D eigenvalue weighted by molar-refractivity contribution is -0.218. The van der Waals surface area contributed by atoms with Gasteiger partial charge in [0.15, 0.2) is 0 Å². The summed E-state index contributed by atoms with van der Waals surface area (Å²) in [6.45, 7) is 0. The fraction of sp³-hybridized carbons (Fsp3) is 1.00. The Kier molecular flexibility index (Phi) is 2.06. The first kappa shape index (κ1) is 10.6. The number of rotatable bonds is 1. The Bertz CT molecular complexity index is 217. The summed E-state index contributed by atoms with van der Waals surface area (Å²) in [4.78, 5) is 0. The molecule has 0 amide bonds. The molecule has 2 unspecified atom stereocenters. The summed E-state index contributed by atoms with van der Waals surface area (Å²) in [7, 11) is 0.560. The van der Waals surface area contributed by atoms with E-state index < -0.39 is 30.3 Å². The zero-order valence-corrected chi connectivity index (χ0v) is 6.46. The number of ether oxygens (including phenoxy) is 1. The topological polar surface area (TPSA) is 9.23 Å². The average Bonchev–Trinajstić information content (AvgIpc) is 2.11. The van der Waals surface area contributed by atoms with Crippen LogP contribution in [0.3, 0.4) is 0 Å². The van der Waals surface area contributed by atoms with E-state index in [4.69, 9.17) is 0 Å². The lowest BCUT2D eigenvalue weighted by Crippen LogP contribution is -2.43. The first-order chi connectivity index (χ1) is 5.67. The van der Waals surface area contributed by atoms with Crippen molar-refractivity contribution in [1.82, 2.24) is 0 Å². The molecule has 2 atom stereocenters. The van der Waals surface area contributed by atoms with Crippen LogP contribution in [-0.4, -0.2) is 31.0 Å². The van der Waals surface area contributed by atoms with Gasteiger partial charge in [-0.1, -0.05) is 0 Å². The maximum atomic E-state index is 12.9. The summed E-state index contributed by atoms with van der Waals surface area (Å²) in [5.41, 5.74) is 0. The van der Waals surface area contributed by atoms with Crippen LogP contribution in [0, 0.1) is 0 Å². The predicted octanol–water partition coefficient (Wildman–Crippen LogP) is 2.31. The zero-order valence-electron chi connectivity index (χ0n) is 6.46. The molecule has 7 heteroatoms. The van der Waals surface area contributed by atoms with Crippen LogP contribution in [0.4, 0.5) is 26.3 Å². The molecule has 0 N–H and O–H groups in total. The van der Waals surface area contributed by atoms with Crippen molar-refractivity contribution in [2.45, 2.75) is 30.3 Å². The maximum Gasteiger partial charge on any atom is 0.346 e. The molecular weight excluding hydrogens is 202 g/mol. The monoisotopic (exact) mass is 208 g/mol. The molecule has 1 fully saturated rings. The van der Waals surface area contributed by atoms with Crippen molar-refractivity contribution in [3.05, 3.63) is 0 Å². The number of hydrogen-bond donors (Lipinski definition) is 0. The lowest BCUT2D eigenvalue weighted by atomic mass is 10.2. The molecular formula is C6H6F6O. The summed E-state index contributed by atoms with van der Waals surface area (Å²) in [6, 6.07) is 0. The van der Waals surface area contributed by atoms with E-state index >= 15 is 0 Å². The van der Waals surface area contributed by atoms with E-state index in [0.29, 0.717) is 7.11 Å².